The Balaban J connectivity index is 2.22. The molecule has 0 aliphatic heterocycles. The Labute approximate surface area is 136 Å². The number of hydrogen-bond donors (Lipinski definition) is 3. The fraction of sp³-hybridized carbons (Fsp3) is 0.200. The van der Waals surface area contributed by atoms with Crippen LogP contribution >= 0.6 is 0 Å². The maximum Gasteiger partial charge on any atom is 0.164 e. The molecule has 0 fully saturated rings. The lowest BCUT2D eigenvalue weighted by atomic mass is 10.1. The van der Waals surface area contributed by atoms with Crippen LogP contribution in [0.15, 0.2) is 45.5 Å². The minimum absolute atomic E-state index is 0.235. The zero-order valence-corrected chi connectivity index (χ0v) is 13.3. The molecule has 3 N–H and O–H groups in total. The first-order chi connectivity index (χ1) is 10.9. The van der Waals surface area contributed by atoms with Crippen LogP contribution in [0.5, 0.6) is 0 Å². The van der Waals surface area contributed by atoms with Crippen molar-refractivity contribution < 1.29 is 19.3 Å². The molecule has 0 amide bonds. The molecule has 0 bridgehead atoms. The molecule has 0 aliphatic rings. The van der Waals surface area contributed by atoms with Crippen molar-refractivity contribution in [2.45, 2.75) is 18.0 Å². The number of benzene rings is 1. The van der Waals surface area contributed by atoms with Crippen LogP contribution in [0, 0.1) is 18.3 Å². The van der Waals surface area contributed by atoms with E-state index in [0.717, 1.165) is 0 Å². The summed E-state index contributed by atoms with van der Waals surface area (Å²) in [5.41, 5.74) is 0.480. The zero-order valence-electron chi connectivity index (χ0n) is 12.5. The van der Waals surface area contributed by atoms with Crippen molar-refractivity contribution in [2.24, 2.45) is 0 Å². The van der Waals surface area contributed by atoms with Crippen molar-refractivity contribution in [3.63, 3.8) is 0 Å². The van der Waals surface area contributed by atoms with Gasteiger partial charge in [-0.25, -0.2) is 0 Å². The molecule has 0 spiro atoms. The second kappa shape index (κ2) is 7.19. The van der Waals surface area contributed by atoms with Gasteiger partial charge in [-0.3, -0.25) is 0 Å². The van der Waals surface area contributed by atoms with Gasteiger partial charge in [0.15, 0.2) is 11.1 Å². The Morgan fingerprint density at radius 2 is 2.09 bits per heavy atom. The van der Waals surface area contributed by atoms with Gasteiger partial charge in [-0.1, -0.05) is 5.16 Å². The summed E-state index contributed by atoms with van der Waals surface area (Å²) in [5, 5.41) is 35.7. The van der Waals surface area contributed by atoms with Crippen LogP contribution in [0.2, 0.25) is 0 Å². The van der Waals surface area contributed by atoms with Gasteiger partial charge in [0.1, 0.15) is 29.4 Å². The standard InChI is InChI=1S/C15H15N3O4S/c1-9-13(8-17-22-9)14(19)12(7-16)15(20)18-10-3-5-11(6-4-10)23(2)21/h3-6,8,15,18-20H,1-2H3/b14-12-. The SMILES string of the molecule is Cc1oncc1/C(O)=C(\C#N)C(O)Nc1ccc([S+](C)[O-])cc1. The van der Waals surface area contributed by atoms with E-state index in [4.69, 9.17) is 4.52 Å². The second-order valence-corrected chi connectivity index (χ2v) is 6.07. The fourth-order valence-electron chi connectivity index (χ4n) is 1.89. The normalized spacial score (nSPS) is 14.6. The molecule has 2 atom stereocenters. The van der Waals surface area contributed by atoms with Crippen molar-refractivity contribution >= 4 is 22.6 Å². The van der Waals surface area contributed by atoms with Crippen LogP contribution in [0.25, 0.3) is 5.76 Å². The van der Waals surface area contributed by atoms with E-state index in [2.05, 4.69) is 10.5 Å². The molecule has 0 radical (unpaired) electrons. The Morgan fingerprint density at radius 3 is 2.57 bits per heavy atom. The first kappa shape index (κ1) is 16.9. The first-order valence-electron chi connectivity index (χ1n) is 6.57. The molecule has 8 heteroatoms. The molecule has 7 nitrogen and oxygen atoms in total. The van der Waals surface area contributed by atoms with E-state index >= 15 is 0 Å². The van der Waals surface area contributed by atoms with Gasteiger partial charge in [-0.05, 0) is 42.4 Å². The first-order valence-corrected chi connectivity index (χ1v) is 8.12. The maximum absolute atomic E-state index is 11.3. The molecule has 0 saturated carbocycles. The summed E-state index contributed by atoms with van der Waals surface area (Å²) in [5.74, 6) is -0.0743. The molecular formula is C15H15N3O4S. The van der Waals surface area contributed by atoms with Crippen molar-refractivity contribution in [1.29, 1.82) is 5.26 Å². The molecule has 1 aromatic carbocycles. The third-order valence-electron chi connectivity index (χ3n) is 3.14. The number of hydrogen-bond acceptors (Lipinski definition) is 7. The molecule has 0 aliphatic carbocycles. The largest absolute Gasteiger partial charge is 0.612 e. The Kier molecular flexibility index (Phi) is 5.28. The Hall–Kier alpha value is -2.47. The van der Waals surface area contributed by atoms with Crippen LogP contribution in [0.1, 0.15) is 11.3 Å². The van der Waals surface area contributed by atoms with Crippen LogP contribution in [-0.4, -0.2) is 32.4 Å². The number of anilines is 1. The summed E-state index contributed by atoms with van der Waals surface area (Å²) in [6.45, 7) is 1.58. The van der Waals surface area contributed by atoms with Gasteiger partial charge in [-0.15, -0.1) is 0 Å². The van der Waals surface area contributed by atoms with Crippen molar-refractivity contribution in [1.82, 2.24) is 5.16 Å². The monoisotopic (exact) mass is 333 g/mol. The average molecular weight is 333 g/mol. The summed E-state index contributed by atoms with van der Waals surface area (Å²) in [7, 11) is 0. The van der Waals surface area contributed by atoms with E-state index in [0.29, 0.717) is 16.3 Å². The number of rotatable bonds is 5. The van der Waals surface area contributed by atoms with E-state index in [1.807, 2.05) is 0 Å². The van der Waals surface area contributed by atoms with Gasteiger partial charge in [0, 0.05) is 5.69 Å². The molecule has 2 aromatic rings. The number of aliphatic hydroxyl groups is 2. The third kappa shape index (κ3) is 3.84. The Morgan fingerprint density at radius 1 is 1.43 bits per heavy atom. The number of nitrogens with one attached hydrogen (secondary N) is 1. The van der Waals surface area contributed by atoms with Crippen molar-refractivity contribution in [3.05, 3.63) is 47.4 Å². The van der Waals surface area contributed by atoms with E-state index in [1.54, 1.807) is 43.5 Å². The van der Waals surface area contributed by atoms with Gasteiger partial charge in [0.2, 0.25) is 0 Å². The van der Waals surface area contributed by atoms with Gasteiger partial charge in [0.25, 0.3) is 0 Å². The fourth-order valence-corrected chi connectivity index (χ4v) is 2.41. The lowest BCUT2D eigenvalue weighted by Crippen LogP contribution is -2.22. The maximum atomic E-state index is 11.3. The summed E-state index contributed by atoms with van der Waals surface area (Å²) >= 11 is -1.10. The molecule has 23 heavy (non-hydrogen) atoms. The van der Waals surface area contributed by atoms with Gasteiger partial charge >= 0.3 is 0 Å². The van der Waals surface area contributed by atoms with Crippen LogP contribution in [0.3, 0.4) is 0 Å². The number of aromatic nitrogens is 1. The lowest BCUT2D eigenvalue weighted by molar-refractivity contribution is 0.242. The minimum Gasteiger partial charge on any atom is -0.612 e. The Bertz CT molecular complexity index is 747. The molecule has 120 valence electrons. The quantitative estimate of drug-likeness (QED) is 0.330. The zero-order chi connectivity index (χ0) is 17.0. The molecule has 2 rings (SSSR count). The van der Waals surface area contributed by atoms with Crippen molar-refractivity contribution in [2.75, 3.05) is 11.6 Å². The van der Waals surface area contributed by atoms with E-state index < -0.39 is 23.2 Å². The highest BCUT2D eigenvalue weighted by atomic mass is 32.2. The van der Waals surface area contributed by atoms with Gasteiger partial charge in [-0.2, -0.15) is 5.26 Å². The van der Waals surface area contributed by atoms with E-state index in [1.165, 1.54) is 6.20 Å². The summed E-state index contributed by atoms with van der Waals surface area (Å²) < 4.78 is 16.2. The smallest absolute Gasteiger partial charge is 0.164 e. The topological polar surface area (TPSA) is 125 Å². The van der Waals surface area contributed by atoms with Crippen LogP contribution < -0.4 is 5.32 Å². The highest BCUT2D eigenvalue weighted by molar-refractivity contribution is 7.90. The van der Waals surface area contributed by atoms with Crippen LogP contribution in [0.4, 0.5) is 5.69 Å². The molecule has 1 heterocycles. The summed E-state index contributed by atoms with van der Waals surface area (Å²) in [4.78, 5) is 0.643. The molecule has 1 aromatic heterocycles. The lowest BCUT2D eigenvalue weighted by Gasteiger charge is -2.15. The number of nitrogens with zero attached hydrogens (tertiary/aromatic N) is 2. The van der Waals surface area contributed by atoms with E-state index in [9.17, 15) is 20.0 Å². The predicted molar refractivity (Wildman–Crippen MR) is 84.8 cm³/mol. The van der Waals surface area contributed by atoms with Gasteiger partial charge < -0.3 is 24.6 Å². The van der Waals surface area contributed by atoms with Crippen LogP contribution in [-0.2, 0) is 11.2 Å². The van der Waals surface area contributed by atoms with Crippen molar-refractivity contribution in [3.8, 4) is 6.07 Å². The van der Waals surface area contributed by atoms with Gasteiger partial charge in [0.05, 0.1) is 11.8 Å². The third-order valence-corrected chi connectivity index (χ3v) is 4.08. The summed E-state index contributed by atoms with van der Waals surface area (Å²) in [6, 6.07) is 8.30. The highest BCUT2D eigenvalue weighted by Gasteiger charge is 2.20. The number of nitriles is 1. The number of aliphatic hydroxyl groups excluding tert-OH is 2. The predicted octanol–water partition coefficient (Wildman–Crippen LogP) is 1.94. The van der Waals surface area contributed by atoms with E-state index in [-0.39, 0.29) is 11.1 Å². The minimum atomic E-state index is -1.42. The molecular weight excluding hydrogens is 318 g/mol. The second-order valence-electron chi connectivity index (χ2n) is 4.70. The summed E-state index contributed by atoms with van der Waals surface area (Å²) in [6.07, 6.45) is 1.40. The molecule has 2 unspecified atom stereocenters. The highest BCUT2D eigenvalue weighted by Crippen LogP contribution is 2.22. The number of aryl methyl sites for hydroxylation is 1. The molecule has 0 saturated heterocycles. The average Bonchev–Trinajstić information content (AvgIpc) is 2.94.